The van der Waals surface area contributed by atoms with Crippen molar-refractivity contribution in [1.82, 2.24) is 9.80 Å². The van der Waals surface area contributed by atoms with Gasteiger partial charge in [0.25, 0.3) is 0 Å². The highest BCUT2D eigenvalue weighted by molar-refractivity contribution is 5.77. The number of carbonyl (C=O) groups excluding carboxylic acids is 1. The number of nitrogens with two attached hydrogens (primary N) is 1. The smallest absolute Gasteiger partial charge is 0.224 e. The summed E-state index contributed by atoms with van der Waals surface area (Å²) in [5, 5.41) is 0. The summed E-state index contributed by atoms with van der Waals surface area (Å²) in [5.74, 6) is 0.289. The van der Waals surface area contributed by atoms with E-state index in [1.807, 2.05) is 4.90 Å². The van der Waals surface area contributed by atoms with E-state index in [-0.39, 0.29) is 11.9 Å². The van der Waals surface area contributed by atoms with Crippen LogP contribution in [0.25, 0.3) is 0 Å². The van der Waals surface area contributed by atoms with E-state index < -0.39 is 0 Å². The topological polar surface area (TPSA) is 49.6 Å². The molecule has 1 aliphatic rings. The quantitative estimate of drug-likeness (QED) is 0.767. The van der Waals surface area contributed by atoms with Gasteiger partial charge in [-0.05, 0) is 39.2 Å². The Morgan fingerprint density at radius 2 is 1.89 bits per heavy atom. The molecule has 19 heavy (non-hydrogen) atoms. The van der Waals surface area contributed by atoms with Gasteiger partial charge in [0.05, 0.1) is 0 Å². The van der Waals surface area contributed by atoms with Crippen LogP contribution < -0.4 is 5.73 Å². The van der Waals surface area contributed by atoms with Crippen molar-refractivity contribution in [2.24, 2.45) is 5.73 Å². The van der Waals surface area contributed by atoms with Crippen LogP contribution in [0.15, 0.2) is 0 Å². The fraction of sp³-hybridized carbons (Fsp3) is 0.933. The SMILES string of the molecule is CCC(C)N(CC)C(CN)CC(=O)N1CCCCC1. The molecule has 1 fully saturated rings. The Kier molecular flexibility index (Phi) is 7.39. The minimum atomic E-state index is 0.189. The third kappa shape index (κ3) is 4.77. The molecule has 2 N–H and O–H groups in total. The second kappa shape index (κ2) is 8.54. The number of hydrogen-bond acceptors (Lipinski definition) is 3. The molecule has 0 saturated carbocycles. The fourth-order valence-electron chi connectivity index (χ4n) is 2.97. The van der Waals surface area contributed by atoms with Gasteiger partial charge in [-0.3, -0.25) is 9.69 Å². The average Bonchev–Trinajstić information content (AvgIpc) is 2.47. The van der Waals surface area contributed by atoms with Crippen molar-refractivity contribution in [3.63, 3.8) is 0 Å². The molecule has 0 spiro atoms. The number of carbonyl (C=O) groups is 1. The number of likely N-dealkylation sites (N-methyl/N-ethyl adjacent to an activating group) is 1. The van der Waals surface area contributed by atoms with E-state index in [1.54, 1.807) is 0 Å². The van der Waals surface area contributed by atoms with Gasteiger partial charge in [-0.15, -0.1) is 0 Å². The van der Waals surface area contributed by atoms with E-state index in [1.165, 1.54) is 6.42 Å². The molecule has 1 aliphatic heterocycles. The van der Waals surface area contributed by atoms with Crippen LogP contribution >= 0.6 is 0 Å². The third-order valence-electron chi connectivity index (χ3n) is 4.38. The van der Waals surface area contributed by atoms with E-state index in [2.05, 4.69) is 25.7 Å². The lowest BCUT2D eigenvalue weighted by Crippen LogP contribution is -2.48. The average molecular weight is 269 g/mol. The summed E-state index contributed by atoms with van der Waals surface area (Å²) in [6, 6.07) is 0.682. The maximum Gasteiger partial charge on any atom is 0.224 e. The standard InChI is InChI=1S/C15H31N3O/c1-4-13(3)18(5-2)14(12-16)11-15(19)17-9-7-6-8-10-17/h13-14H,4-12,16H2,1-3H3. The summed E-state index contributed by atoms with van der Waals surface area (Å²) >= 11 is 0. The molecule has 4 nitrogen and oxygen atoms in total. The minimum Gasteiger partial charge on any atom is -0.343 e. The Morgan fingerprint density at radius 1 is 1.26 bits per heavy atom. The van der Waals surface area contributed by atoms with Gasteiger partial charge in [0.1, 0.15) is 0 Å². The van der Waals surface area contributed by atoms with Gasteiger partial charge in [-0.2, -0.15) is 0 Å². The lowest BCUT2D eigenvalue weighted by molar-refractivity contribution is -0.133. The summed E-state index contributed by atoms with van der Waals surface area (Å²) < 4.78 is 0. The second-order valence-corrected chi connectivity index (χ2v) is 5.62. The first-order valence-electron chi connectivity index (χ1n) is 7.87. The highest BCUT2D eigenvalue weighted by atomic mass is 16.2. The van der Waals surface area contributed by atoms with Crippen LogP contribution in [-0.4, -0.2) is 54.0 Å². The molecule has 1 amide bonds. The van der Waals surface area contributed by atoms with Crippen molar-refractivity contribution in [1.29, 1.82) is 0 Å². The zero-order chi connectivity index (χ0) is 14.3. The predicted octanol–water partition coefficient (Wildman–Crippen LogP) is 1.84. The molecule has 2 atom stereocenters. The van der Waals surface area contributed by atoms with Gasteiger partial charge >= 0.3 is 0 Å². The Bertz CT molecular complexity index is 264. The molecule has 0 aliphatic carbocycles. The van der Waals surface area contributed by atoms with Gasteiger partial charge < -0.3 is 10.6 Å². The first-order chi connectivity index (χ1) is 9.13. The Balaban J connectivity index is 2.56. The number of hydrogen-bond donors (Lipinski definition) is 1. The molecule has 0 aromatic carbocycles. The van der Waals surface area contributed by atoms with Crippen molar-refractivity contribution in [2.45, 2.75) is 65.0 Å². The lowest BCUT2D eigenvalue weighted by atomic mass is 10.1. The molecular weight excluding hydrogens is 238 g/mol. The summed E-state index contributed by atoms with van der Waals surface area (Å²) in [7, 11) is 0. The van der Waals surface area contributed by atoms with E-state index in [0.29, 0.717) is 19.0 Å². The van der Waals surface area contributed by atoms with E-state index >= 15 is 0 Å². The maximum atomic E-state index is 12.3. The van der Waals surface area contributed by atoms with E-state index in [9.17, 15) is 4.79 Å². The summed E-state index contributed by atoms with van der Waals surface area (Å²) in [5.41, 5.74) is 5.91. The van der Waals surface area contributed by atoms with Crippen LogP contribution in [0.4, 0.5) is 0 Å². The summed E-state index contributed by atoms with van der Waals surface area (Å²) in [6.45, 7) is 9.96. The van der Waals surface area contributed by atoms with Crippen LogP contribution in [-0.2, 0) is 4.79 Å². The molecule has 0 radical (unpaired) electrons. The molecule has 0 aromatic rings. The van der Waals surface area contributed by atoms with Gasteiger partial charge in [0.15, 0.2) is 0 Å². The van der Waals surface area contributed by atoms with Crippen LogP contribution in [0, 0.1) is 0 Å². The molecule has 4 heteroatoms. The Labute approximate surface area is 118 Å². The molecule has 0 bridgehead atoms. The van der Waals surface area contributed by atoms with Crippen molar-refractivity contribution in [3.05, 3.63) is 0 Å². The summed E-state index contributed by atoms with van der Waals surface area (Å²) in [4.78, 5) is 16.7. The van der Waals surface area contributed by atoms with Gasteiger partial charge in [0.2, 0.25) is 5.91 Å². The van der Waals surface area contributed by atoms with E-state index in [0.717, 1.165) is 38.9 Å². The van der Waals surface area contributed by atoms with Crippen LogP contribution in [0.5, 0.6) is 0 Å². The predicted molar refractivity (Wildman–Crippen MR) is 80.0 cm³/mol. The zero-order valence-corrected chi connectivity index (χ0v) is 12.9. The number of nitrogens with zero attached hydrogens (tertiary/aromatic N) is 2. The number of amides is 1. The van der Waals surface area contributed by atoms with Gasteiger partial charge in [0, 0.05) is 38.1 Å². The molecule has 112 valence electrons. The number of likely N-dealkylation sites (tertiary alicyclic amines) is 1. The molecule has 1 rings (SSSR count). The number of rotatable bonds is 7. The van der Waals surface area contributed by atoms with Crippen molar-refractivity contribution in [3.8, 4) is 0 Å². The highest BCUT2D eigenvalue weighted by Gasteiger charge is 2.25. The molecule has 2 unspecified atom stereocenters. The van der Waals surface area contributed by atoms with Gasteiger partial charge in [-0.1, -0.05) is 13.8 Å². The third-order valence-corrected chi connectivity index (χ3v) is 4.38. The van der Waals surface area contributed by atoms with Crippen molar-refractivity contribution in [2.75, 3.05) is 26.2 Å². The normalized spacial score (nSPS) is 19.5. The summed E-state index contributed by atoms with van der Waals surface area (Å²) in [6.07, 6.45) is 5.25. The van der Waals surface area contributed by atoms with E-state index in [4.69, 9.17) is 5.73 Å². The highest BCUT2D eigenvalue weighted by Crippen LogP contribution is 2.15. The minimum absolute atomic E-state index is 0.189. The van der Waals surface area contributed by atoms with Crippen molar-refractivity contribution >= 4 is 5.91 Å². The number of piperidine rings is 1. The monoisotopic (exact) mass is 269 g/mol. The van der Waals surface area contributed by atoms with Gasteiger partial charge in [-0.25, -0.2) is 0 Å². The maximum absolute atomic E-state index is 12.3. The second-order valence-electron chi connectivity index (χ2n) is 5.62. The lowest BCUT2D eigenvalue weighted by Gasteiger charge is -2.36. The van der Waals surface area contributed by atoms with Crippen LogP contribution in [0.3, 0.4) is 0 Å². The fourth-order valence-corrected chi connectivity index (χ4v) is 2.97. The first-order valence-corrected chi connectivity index (χ1v) is 7.87. The molecule has 0 aromatic heterocycles. The Hall–Kier alpha value is -0.610. The largest absolute Gasteiger partial charge is 0.343 e. The van der Waals surface area contributed by atoms with Crippen LogP contribution in [0.1, 0.15) is 52.9 Å². The molecule has 1 saturated heterocycles. The Morgan fingerprint density at radius 3 is 2.37 bits per heavy atom. The molecule has 1 heterocycles. The molecular formula is C15H31N3O. The first kappa shape index (κ1) is 16.4. The van der Waals surface area contributed by atoms with Crippen LogP contribution in [0.2, 0.25) is 0 Å². The van der Waals surface area contributed by atoms with Crippen molar-refractivity contribution < 1.29 is 4.79 Å². The zero-order valence-electron chi connectivity index (χ0n) is 12.9.